The van der Waals surface area contributed by atoms with E-state index in [-0.39, 0.29) is 11.8 Å². The molecule has 1 aliphatic rings. The monoisotopic (exact) mass is 535 g/mol. The second-order valence-corrected chi connectivity index (χ2v) is 9.76. The second-order valence-electron chi connectivity index (χ2n) is 8.03. The van der Waals surface area contributed by atoms with Crippen molar-refractivity contribution in [3.63, 3.8) is 0 Å². The first-order valence-electron chi connectivity index (χ1n) is 10.4. The fourth-order valence-corrected chi connectivity index (χ4v) is 5.29. The van der Waals surface area contributed by atoms with Crippen molar-refractivity contribution in [1.29, 1.82) is 0 Å². The number of halogens is 3. The number of carbonyl (C=O) groups is 1. The molecule has 5 aromatic rings. The Morgan fingerprint density at radius 1 is 0.909 bits per heavy atom. The van der Waals surface area contributed by atoms with E-state index in [0.29, 0.717) is 15.6 Å². The average molecular weight is 537 g/mol. The highest BCUT2D eigenvalue weighted by Gasteiger charge is 2.40. The van der Waals surface area contributed by atoms with E-state index in [2.05, 4.69) is 20.5 Å². The summed E-state index contributed by atoms with van der Waals surface area (Å²) in [4.78, 5) is 18.9. The first-order chi connectivity index (χ1) is 16.0. The van der Waals surface area contributed by atoms with Crippen molar-refractivity contribution in [2.75, 3.05) is 0 Å². The quantitative estimate of drug-likeness (QED) is 0.223. The molecule has 6 rings (SSSR count). The Hall–Kier alpha value is -2.86. The Balaban J connectivity index is 1.68. The summed E-state index contributed by atoms with van der Waals surface area (Å²) in [6.07, 6.45) is 1.95. The zero-order chi connectivity index (χ0) is 22.7. The molecular weight excluding hydrogens is 521 g/mol. The summed E-state index contributed by atoms with van der Waals surface area (Å²) in [5.74, 6) is 0.812. The van der Waals surface area contributed by atoms with Gasteiger partial charge in [-0.1, -0.05) is 81.6 Å². The van der Waals surface area contributed by atoms with Crippen LogP contribution in [-0.2, 0) is 0 Å². The number of hydrogen-bond acceptors (Lipinski definition) is 2. The molecule has 0 saturated heterocycles. The molecule has 0 amide bonds. The molecule has 162 valence electrons. The largest absolute Gasteiger partial charge is 0.332 e. The highest BCUT2D eigenvalue weighted by atomic mass is 79.9. The summed E-state index contributed by atoms with van der Waals surface area (Å²) in [7, 11) is 0. The summed E-state index contributed by atoms with van der Waals surface area (Å²) >= 11 is 16.3. The van der Waals surface area contributed by atoms with Crippen molar-refractivity contribution < 1.29 is 4.79 Å². The van der Waals surface area contributed by atoms with Gasteiger partial charge >= 0.3 is 0 Å². The number of nitrogens with zero attached hydrogens (tertiary/aromatic N) is 3. The fraction of sp³-hybridized carbons (Fsp3) is 0.0769. The Bertz CT molecular complexity index is 1520. The van der Waals surface area contributed by atoms with E-state index in [1.165, 1.54) is 0 Å². The molecule has 2 atom stereocenters. The van der Waals surface area contributed by atoms with Crippen LogP contribution in [0.2, 0.25) is 10.0 Å². The molecule has 3 heterocycles. The van der Waals surface area contributed by atoms with Crippen LogP contribution in [0.3, 0.4) is 0 Å². The molecule has 33 heavy (non-hydrogen) atoms. The lowest BCUT2D eigenvalue weighted by molar-refractivity contribution is 0.0895. The molecule has 2 aromatic heterocycles. The first-order valence-corrected chi connectivity index (χ1v) is 12.0. The predicted molar refractivity (Wildman–Crippen MR) is 135 cm³/mol. The zero-order valence-electron chi connectivity index (χ0n) is 17.1. The Morgan fingerprint density at radius 3 is 2.39 bits per heavy atom. The van der Waals surface area contributed by atoms with Gasteiger partial charge in [0.05, 0.1) is 32.8 Å². The number of benzene rings is 3. The van der Waals surface area contributed by atoms with Gasteiger partial charge in [-0.15, -0.1) is 0 Å². The Kier molecular flexibility index (Phi) is 4.94. The van der Waals surface area contributed by atoms with Gasteiger partial charge in [-0.25, -0.2) is 4.98 Å². The zero-order valence-corrected chi connectivity index (χ0v) is 20.2. The lowest BCUT2D eigenvalue weighted by atomic mass is 9.90. The lowest BCUT2D eigenvalue weighted by Gasteiger charge is -2.36. The number of rotatable bonds is 3. The van der Waals surface area contributed by atoms with Gasteiger partial charge in [0.15, 0.2) is 11.6 Å². The van der Waals surface area contributed by atoms with E-state index in [0.717, 1.165) is 32.6 Å². The van der Waals surface area contributed by atoms with Crippen molar-refractivity contribution in [3.8, 4) is 11.5 Å². The number of Topliss-reactive ketones (excluding diaryl/α,β-unsaturated/α-hetero) is 1. The van der Waals surface area contributed by atoms with Gasteiger partial charge in [0.25, 0.3) is 0 Å². The lowest BCUT2D eigenvalue weighted by Crippen LogP contribution is -2.34. The molecule has 0 unspecified atom stereocenters. The number of aromatic nitrogens is 3. The SMILES string of the molecule is O=C(c1ccccc1)[C@@H]1[C@@H](c2ccc(Br)cc2)n2c(nc3cc(Cl)c(Cl)cc32)-c2cccn21. The smallest absolute Gasteiger partial charge is 0.188 e. The van der Waals surface area contributed by atoms with E-state index >= 15 is 0 Å². The number of fused-ring (bicyclic) bond motifs is 5. The molecule has 0 fully saturated rings. The van der Waals surface area contributed by atoms with Gasteiger partial charge in [-0.2, -0.15) is 0 Å². The molecular formula is C26H16BrCl2N3O. The van der Waals surface area contributed by atoms with Crippen LogP contribution in [-0.4, -0.2) is 19.9 Å². The highest BCUT2D eigenvalue weighted by molar-refractivity contribution is 9.10. The van der Waals surface area contributed by atoms with Crippen LogP contribution in [0, 0.1) is 0 Å². The first kappa shape index (κ1) is 20.7. The Labute approximate surface area is 208 Å². The summed E-state index contributed by atoms with van der Waals surface area (Å²) in [6, 6.07) is 24.2. The molecule has 0 radical (unpaired) electrons. The van der Waals surface area contributed by atoms with Crippen LogP contribution in [0.4, 0.5) is 0 Å². The molecule has 0 bridgehead atoms. The van der Waals surface area contributed by atoms with Crippen LogP contribution < -0.4 is 0 Å². The van der Waals surface area contributed by atoms with Crippen molar-refractivity contribution >= 4 is 55.9 Å². The minimum atomic E-state index is -0.502. The van der Waals surface area contributed by atoms with Crippen molar-refractivity contribution in [2.24, 2.45) is 0 Å². The standard InChI is InChI=1S/C26H16BrCl2N3O/c27-17-10-8-15(9-11-17)23-24(25(33)16-5-2-1-3-6-16)31-12-4-7-21(31)26-30-20-13-18(28)19(29)14-22(20)32(23)26/h1-14,23-24H/t23-,24+/m1/s1. The van der Waals surface area contributed by atoms with E-state index < -0.39 is 6.04 Å². The van der Waals surface area contributed by atoms with Gasteiger partial charge in [-0.05, 0) is 42.0 Å². The number of hydrogen-bond donors (Lipinski definition) is 0. The molecule has 0 saturated carbocycles. The third-order valence-electron chi connectivity index (χ3n) is 6.15. The third-order valence-corrected chi connectivity index (χ3v) is 7.41. The third kappa shape index (κ3) is 3.26. The summed E-state index contributed by atoms with van der Waals surface area (Å²) in [5, 5.41) is 0.903. The van der Waals surface area contributed by atoms with E-state index in [4.69, 9.17) is 28.2 Å². The molecule has 0 aliphatic carbocycles. The van der Waals surface area contributed by atoms with Gasteiger partial charge in [0.1, 0.15) is 6.04 Å². The number of carbonyl (C=O) groups excluding carboxylic acids is 1. The van der Waals surface area contributed by atoms with Gasteiger partial charge in [0, 0.05) is 16.2 Å². The second kappa shape index (κ2) is 7.87. The summed E-state index contributed by atoms with van der Waals surface area (Å²) < 4.78 is 5.13. The maximum Gasteiger partial charge on any atom is 0.188 e. The summed E-state index contributed by atoms with van der Waals surface area (Å²) in [5.41, 5.74) is 4.12. The molecule has 7 heteroatoms. The summed E-state index contributed by atoms with van der Waals surface area (Å²) in [6.45, 7) is 0. The fourth-order valence-electron chi connectivity index (χ4n) is 4.71. The van der Waals surface area contributed by atoms with Crippen LogP contribution in [0.1, 0.15) is 28.0 Å². The van der Waals surface area contributed by atoms with Gasteiger partial charge in [-0.3, -0.25) is 4.79 Å². The van der Waals surface area contributed by atoms with Crippen LogP contribution in [0.25, 0.3) is 22.6 Å². The molecule has 4 nitrogen and oxygen atoms in total. The van der Waals surface area contributed by atoms with E-state index in [1.807, 2.05) is 83.6 Å². The Morgan fingerprint density at radius 2 is 1.64 bits per heavy atom. The van der Waals surface area contributed by atoms with Crippen molar-refractivity contribution in [1.82, 2.24) is 14.1 Å². The highest BCUT2D eigenvalue weighted by Crippen LogP contribution is 2.46. The number of imidazole rings is 1. The van der Waals surface area contributed by atoms with Crippen LogP contribution >= 0.6 is 39.1 Å². The average Bonchev–Trinajstić information content (AvgIpc) is 3.44. The maximum atomic E-state index is 14.0. The van der Waals surface area contributed by atoms with E-state index in [1.54, 1.807) is 6.07 Å². The maximum absolute atomic E-state index is 14.0. The van der Waals surface area contributed by atoms with Crippen LogP contribution in [0.15, 0.2) is 89.5 Å². The van der Waals surface area contributed by atoms with Crippen molar-refractivity contribution in [2.45, 2.75) is 12.1 Å². The predicted octanol–water partition coefficient (Wildman–Crippen LogP) is 7.60. The molecule has 0 spiro atoms. The van der Waals surface area contributed by atoms with E-state index in [9.17, 15) is 4.79 Å². The molecule has 1 aliphatic heterocycles. The van der Waals surface area contributed by atoms with Crippen molar-refractivity contribution in [3.05, 3.63) is 111 Å². The van der Waals surface area contributed by atoms with Crippen LogP contribution in [0.5, 0.6) is 0 Å². The molecule has 3 aromatic carbocycles. The minimum Gasteiger partial charge on any atom is -0.332 e. The topological polar surface area (TPSA) is 39.8 Å². The van der Waals surface area contributed by atoms with Gasteiger partial charge in [0.2, 0.25) is 0 Å². The normalized spacial score (nSPS) is 17.1. The van der Waals surface area contributed by atoms with Gasteiger partial charge < -0.3 is 9.13 Å². The molecule has 0 N–H and O–H groups in total. The minimum absolute atomic E-state index is 0.0357. The number of ketones is 1.